The molecule has 0 atom stereocenters. The number of amides is 1. The van der Waals surface area contributed by atoms with Crippen molar-refractivity contribution < 1.29 is 4.79 Å². The molecule has 22 heavy (non-hydrogen) atoms. The van der Waals surface area contributed by atoms with Crippen LogP contribution in [0.15, 0.2) is 60.7 Å². The third-order valence-electron chi connectivity index (χ3n) is 3.18. The van der Waals surface area contributed by atoms with Gasteiger partial charge in [-0.1, -0.05) is 69.3 Å². The number of thioether (sulfide) groups is 1. The molecule has 1 amide bonds. The van der Waals surface area contributed by atoms with E-state index in [1.54, 1.807) is 11.8 Å². The summed E-state index contributed by atoms with van der Waals surface area (Å²) in [6.07, 6.45) is 0. The molecule has 0 aliphatic heterocycles. The first-order chi connectivity index (χ1) is 10.5. The van der Waals surface area contributed by atoms with Crippen molar-refractivity contribution in [1.82, 2.24) is 0 Å². The van der Waals surface area contributed by atoms with Gasteiger partial charge in [-0.2, -0.15) is 0 Å². The molecule has 0 aromatic heterocycles. The largest absolute Gasteiger partial charge is 0.307 e. The van der Waals surface area contributed by atoms with Crippen molar-refractivity contribution in [3.63, 3.8) is 0 Å². The van der Waals surface area contributed by atoms with Gasteiger partial charge in [-0.05, 0) is 17.7 Å². The van der Waals surface area contributed by atoms with Crippen LogP contribution in [0.3, 0.4) is 0 Å². The van der Waals surface area contributed by atoms with Crippen molar-refractivity contribution in [2.24, 2.45) is 0 Å². The van der Waals surface area contributed by atoms with Gasteiger partial charge in [0.2, 0.25) is 5.91 Å². The Bertz CT molecular complexity index is 590. The van der Waals surface area contributed by atoms with Crippen molar-refractivity contribution >= 4 is 23.4 Å². The number of anilines is 1. The van der Waals surface area contributed by atoms with E-state index in [9.17, 15) is 4.79 Å². The number of hydrogen-bond donors (Lipinski definition) is 0. The molecule has 0 unspecified atom stereocenters. The van der Waals surface area contributed by atoms with E-state index in [1.165, 1.54) is 0 Å². The van der Waals surface area contributed by atoms with Crippen LogP contribution in [0, 0.1) is 0 Å². The van der Waals surface area contributed by atoms with E-state index in [0.29, 0.717) is 12.3 Å². The molecule has 0 radical (unpaired) electrons. The molecular weight excluding hydrogens is 290 g/mol. The summed E-state index contributed by atoms with van der Waals surface area (Å²) < 4.78 is 0.0881. The summed E-state index contributed by atoms with van der Waals surface area (Å²) in [5.41, 5.74) is 2.09. The Kier molecular flexibility index (Phi) is 5.67. The first-order valence-corrected chi connectivity index (χ1v) is 8.47. The molecule has 3 heteroatoms. The zero-order valence-electron chi connectivity index (χ0n) is 13.5. The predicted molar refractivity (Wildman–Crippen MR) is 96.3 cm³/mol. The lowest BCUT2D eigenvalue weighted by Crippen LogP contribution is -2.33. The zero-order valence-corrected chi connectivity index (χ0v) is 14.3. The summed E-state index contributed by atoms with van der Waals surface area (Å²) in [6.45, 7) is 7.01. The summed E-state index contributed by atoms with van der Waals surface area (Å²) >= 11 is 1.68. The van der Waals surface area contributed by atoms with Crippen LogP contribution in [0.1, 0.15) is 26.3 Å². The van der Waals surface area contributed by atoms with Crippen LogP contribution < -0.4 is 4.90 Å². The Morgan fingerprint density at radius 2 is 1.50 bits per heavy atom. The van der Waals surface area contributed by atoms with Crippen molar-refractivity contribution in [3.05, 3.63) is 66.2 Å². The molecule has 0 aliphatic rings. The topological polar surface area (TPSA) is 20.3 Å². The van der Waals surface area contributed by atoms with E-state index in [4.69, 9.17) is 0 Å². The lowest BCUT2D eigenvalue weighted by Gasteiger charge is -2.25. The van der Waals surface area contributed by atoms with Gasteiger partial charge >= 0.3 is 0 Å². The van der Waals surface area contributed by atoms with E-state index in [1.807, 2.05) is 53.4 Å². The molecule has 0 saturated carbocycles. The molecule has 0 bridgehead atoms. The first kappa shape index (κ1) is 16.6. The van der Waals surface area contributed by atoms with Gasteiger partial charge in [0.25, 0.3) is 0 Å². The molecule has 2 nitrogen and oxygen atoms in total. The van der Waals surface area contributed by atoms with Crippen molar-refractivity contribution in [3.8, 4) is 0 Å². The Balaban J connectivity index is 2.17. The van der Waals surface area contributed by atoms with Crippen LogP contribution in [-0.2, 0) is 11.3 Å². The van der Waals surface area contributed by atoms with Gasteiger partial charge in [0, 0.05) is 10.4 Å². The maximum absolute atomic E-state index is 12.7. The van der Waals surface area contributed by atoms with Gasteiger partial charge in [0.05, 0.1) is 12.3 Å². The molecule has 0 saturated heterocycles. The quantitative estimate of drug-likeness (QED) is 0.794. The molecule has 2 aromatic carbocycles. The van der Waals surface area contributed by atoms with Crippen LogP contribution in [-0.4, -0.2) is 16.4 Å². The van der Waals surface area contributed by atoms with Crippen LogP contribution in [0.2, 0.25) is 0 Å². The van der Waals surface area contributed by atoms with Crippen molar-refractivity contribution in [2.45, 2.75) is 32.1 Å². The van der Waals surface area contributed by atoms with Crippen molar-refractivity contribution in [2.75, 3.05) is 10.7 Å². The van der Waals surface area contributed by atoms with E-state index in [0.717, 1.165) is 11.3 Å². The Hall–Kier alpha value is -1.74. The molecule has 0 fully saturated rings. The minimum Gasteiger partial charge on any atom is -0.307 e. The van der Waals surface area contributed by atoms with E-state index < -0.39 is 0 Å². The number of benzene rings is 2. The molecule has 0 N–H and O–H groups in total. The van der Waals surface area contributed by atoms with Crippen molar-refractivity contribution in [1.29, 1.82) is 0 Å². The van der Waals surface area contributed by atoms with E-state index in [-0.39, 0.29) is 10.7 Å². The normalized spacial score (nSPS) is 11.2. The fourth-order valence-corrected chi connectivity index (χ4v) is 2.77. The molecule has 0 aliphatic carbocycles. The summed E-state index contributed by atoms with van der Waals surface area (Å²) in [5, 5.41) is 0. The van der Waals surface area contributed by atoms with Gasteiger partial charge in [-0.25, -0.2) is 0 Å². The third kappa shape index (κ3) is 5.23. The summed E-state index contributed by atoms with van der Waals surface area (Å²) in [6, 6.07) is 20.0. The van der Waals surface area contributed by atoms with E-state index in [2.05, 4.69) is 32.9 Å². The molecule has 116 valence electrons. The monoisotopic (exact) mass is 313 g/mol. The number of carbonyl (C=O) groups excluding carboxylic acids is 1. The smallest absolute Gasteiger partial charge is 0.237 e. The Morgan fingerprint density at radius 3 is 2.05 bits per heavy atom. The zero-order chi connectivity index (χ0) is 16.0. The lowest BCUT2D eigenvalue weighted by molar-refractivity contribution is -0.116. The predicted octanol–water partition coefficient (Wildman–Crippen LogP) is 4.75. The second-order valence-corrected chi connectivity index (χ2v) is 8.00. The maximum Gasteiger partial charge on any atom is 0.237 e. The molecule has 0 spiro atoms. The molecule has 2 aromatic rings. The molecule has 0 heterocycles. The summed E-state index contributed by atoms with van der Waals surface area (Å²) in [4.78, 5) is 14.6. The highest BCUT2D eigenvalue weighted by molar-refractivity contribution is 8.01. The minimum atomic E-state index is 0.0881. The minimum absolute atomic E-state index is 0.0881. The number of rotatable bonds is 5. The average molecular weight is 313 g/mol. The van der Waals surface area contributed by atoms with Crippen LogP contribution in [0.4, 0.5) is 5.69 Å². The van der Waals surface area contributed by atoms with E-state index >= 15 is 0 Å². The standard InChI is InChI=1S/C19H23NOS/c1-19(2,3)22-15-18(21)20(17-12-8-5-9-13-17)14-16-10-6-4-7-11-16/h4-13H,14-15H2,1-3H3. The van der Waals surface area contributed by atoms with Crippen LogP contribution in [0.25, 0.3) is 0 Å². The maximum atomic E-state index is 12.7. The van der Waals surface area contributed by atoms with Crippen LogP contribution in [0.5, 0.6) is 0 Å². The molecular formula is C19H23NOS. The highest BCUT2D eigenvalue weighted by atomic mass is 32.2. The van der Waals surface area contributed by atoms with Gasteiger partial charge < -0.3 is 4.90 Å². The second-order valence-electron chi connectivity index (χ2n) is 6.20. The van der Waals surface area contributed by atoms with Gasteiger partial charge in [0.15, 0.2) is 0 Å². The average Bonchev–Trinajstić information content (AvgIpc) is 2.51. The molecule has 2 rings (SSSR count). The fraction of sp³-hybridized carbons (Fsp3) is 0.316. The highest BCUT2D eigenvalue weighted by Gasteiger charge is 2.19. The number of hydrogen-bond acceptors (Lipinski definition) is 2. The van der Waals surface area contributed by atoms with Gasteiger partial charge in [-0.15, -0.1) is 11.8 Å². The van der Waals surface area contributed by atoms with Gasteiger partial charge in [0.1, 0.15) is 0 Å². The van der Waals surface area contributed by atoms with Crippen LogP contribution >= 0.6 is 11.8 Å². The first-order valence-electron chi connectivity index (χ1n) is 7.49. The number of carbonyl (C=O) groups is 1. The Labute approximate surface area is 137 Å². The lowest BCUT2D eigenvalue weighted by atomic mass is 10.2. The SMILES string of the molecule is CC(C)(C)SCC(=O)N(Cc1ccccc1)c1ccccc1. The number of para-hydroxylation sites is 1. The fourth-order valence-electron chi connectivity index (χ4n) is 2.05. The third-order valence-corrected chi connectivity index (χ3v) is 4.44. The van der Waals surface area contributed by atoms with Gasteiger partial charge in [-0.3, -0.25) is 4.79 Å². The second kappa shape index (κ2) is 7.50. The summed E-state index contributed by atoms with van der Waals surface area (Å²) in [5.74, 6) is 0.639. The Morgan fingerprint density at radius 1 is 0.955 bits per heavy atom. The number of nitrogens with zero attached hydrogens (tertiary/aromatic N) is 1. The summed E-state index contributed by atoms with van der Waals surface area (Å²) in [7, 11) is 0. The highest BCUT2D eigenvalue weighted by Crippen LogP contribution is 2.25.